The molecule has 0 heterocycles. The molecule has 0 aliphatic heterocycles. The first-order valence-corrected chi connectivity index (χ1v) is 6.29. The summed E-state index contributed by atoms with van der Waals surface area (Å²) in [5, 5.41) is 0. The molecule has 1 rings (SSSR count). The molecule has 0 aliphatic carbocycles. The first-order valence-electron chi connectivity index (χ1n) is 5.49. The van der Waals surface area contributed by atoms with Crippen LogP contribution in [0.15, 0.2) is 22.7 Å². The van der Waals surface area contributed by atoms with E-state index in [1.807, 2.05) is 19.1 Å². The molecule has 92 valence electrons. The molecule has 0 N–H and O–H groups in total. The van der Waals surface area contributed by atoms with Gasteiger partial charge in [-0.3, -0.25) is 9.59 Å². The summed E-state index contributed by atoms with van der Waals surface area (Å²) < 4.78 is 5.72. The molecular weight excluding hydrogens is 284 g/mol. The predicted molar refractivity (Wildman–Crippen MR) is 69.1 cm³/mol. The third-order valence-electron chi connectivity index (χ3n) is 2.35. The SMILES string of the molecule is CCOC(=O)CCC(=O)c1ccc(Br)cc1C. The van der Waals surface area contributed by atoms with Crippen LogP contribution >= 0.6 is 15.9 Å². The van der Waals surface area contributed by atoms with Gasteiger partial charge in [0.2, 0.25) is 0 Å². The summed E-state index contributed by atoms with van der Waals surface area (Å²) in [5.41, 5.74) is 1.57. The highest BCUT2D eigenvalue weighted by molar-refractivity contribution is 9.10. The number of carbonyl (C=O) groups excluding carboxylic acids is 2. The van der Waals surface area contributed by atoms with Crippen LogP contribution in [0.4, 0.5) is 0 Å². The topological polar surface area (TPSA) is 43.4 Å². The quantitative estimate of drug-likeness (QED) is 0.619. The second-order valence-electron chi connectivity index (χ2n) is 3.69. The highest BCUT2D eigenvalue weighted by Crippen LogP contribution is 2.17. The summed E-state index contributed by atoms with van der Waals surface area (Å²) >= 11 is 3.34. The molecule has 0 saturated heterocycles. The minimum atomic E-state index is -0.324. The molecule has 1 aromatic carbocycles. The van der Waals surface area contributed by atoms with Gasteiger partial charge in [0.1, 0.15) is 0 Å². The van der Waals surface area contributed by atoms with Crippen molar-refractivity contribution in [2.45, 2.75) is 26.7 Å². The Morgan fingerprint density at radius 3 is 2.59 bits per heavy atom. The number of carbonyl (C=O) groups is 2. The van der Waals surface area contributed by atoms with Crippen LogP contribution in [0.2, 0.25) is 0 Å². The van der Waals surface area contributed by atoms with Crippen molar-refractivity contribution >= 4 is 27.7 Å². The van der Waals surface area contributed by atoms with E-state index in [0.29, 0.717) is 12.2 Å². The van der Waals surface area contributed by atoms with Gasteiger partial charge in [0.05, 0.1) is 13.0 Å². The lowest BCUT2D eigenvalue weighted by molar-refractivity contribution is -0.143. The Hall–Kier alpha value is -1.16. The fourth-order valence-corrected chi connectivity index (χ4v) is 2.00. The van der Waals surface area contributed by atoms with Crippen LogP contribution < -0.4 is 0 Å². The number of ketones is 1. The second kappa shape index (κ2) is 6.55. The monoisotopic (exact) mass is 298 g/mol. The first kappa shape index (κ1) is 13.9. The first-order chi connectivity index (χ1) is 8.04. The van der Waals surface area contributed by atoms with Gasteiger partial charge in [-0.25, -0.2) is 0 Å². The Labute approximate surface area is 109 Å². The van der Waals surface area contributed by atoms with Gasteiger partial charge < -0.3 is 4.74 Å². The van der Waals surface area contributed by atoms with Crippen molar-refractivity contribution in [2.75, 3.05) is 6.61 Å². The van der Waals surface area contributed by atoms with Crippen molar-refractivity contribution < 1.29 is 14.3 Å². The molecule has 0 saturated carbocycles. The number of esters is 1. The zero-order valence-electron chi connectivity index (χ0n) is 9.96. The maximum Gasteiger partial charge on any atom is 0.306 e. The minimum absolute atomic E-state index is 0.0250. The van der Waals surface area contributed by atoms with Gasteiger partial charge in [-0.15, -0.1) is 0 Å². The molecule has 0 spiro atoms. The average molecular weight is 299 g/mol. The summed E-state index contributed by atoms with van der Waals surface area (Å²) in [5.74, 6) is -0.348. The highest BCUT2D eigenvalue weighted by atomic mass is 79.9. The second-order valence-corrected chi connectivity index (χ2v) is 4.60. The van der Waals surface area contributed by atoms with E-state index in [-0.39, 0.29) is 24.6 Å². The van der Waals surface area contributed by atoms with Crippen molar-refractivity contribution in [1.82, 2.24) is 0 Å². The van der Waals surface area contributed by atoms with Crippen molar-refractivity contribution in [1.29, 1.82) is 0 Å². The van der Waals surface area contributed by atoms with Crippen LogP contribution in [0, 0.1) is 6.92 Å². The Kier molecular flexibility index (Phi) is 5.35. The molecule has 0 atom stereocenters. The fourth-order valence-electron chi connectivity index (χ4n) is 1.52. The Morgan fingerprint density at radius 1 is 1.29 bits per heavy atom. The Morgan fingerprint density at radius 2 is 2.00 bits per heavy atom. The molecule has 0 fully saturated rings. The van der Waals surface area contributed by atoms with E-state index in [1.54, 1.807) is 13.0 Å². The van der Waals surface area contributed by atoms with Crippen LogP contribution in [0.25, 0.3) is 0 Å². The van der Waals surface area contributed by atoms with E-state index in [1.165, 1.54) is 0 Å². The largest absolute Gasteiger partial charge is 0.466 e. The van der Waals surface area contributed by atoms with Crippen LogP contribution in [0.3, 0.4) is 0 Å². The normalized spacial score (nSPS) is 10.1. The average Bonchev–Trinajstić information content (AvgIpc) is 2.26. The lowest BCUT2D eigenvalue weighted by Gasteiger charge is -2.05. The standard InChI is InChI=1S/C13H15BrO3/c1-3-17-13(16)7-6-12(15)11-5-4-10(14)8-9(11)2/h4-5,8H,3,6-7H2,1-2H3. The molecule has 4 heteroatoms. The highest BCUT2D eigenvalue weighted by Gasteiger charge is 2.12. The number of aryl methyl sites for hydroxylation is 1. The van der Waals surface area contributed by atoms with E-state index in [0.717, 1.165) is 10.0 Å². The number of halogens is 1. The Bertz CT molecular complexity index is 427. The maximum absolute atomic E-state index is 11.9. The number of benzene rings is 1. The zero-order valence-corrected chi connectivity index (χ0v) is 11.5. The third kappa shape index (κ3) is 4.30. The molecular formula is C13H15BrO3. The lowest BCUT2D eigenvalue weighted by Crippen LogP contribution is -2.08. The van der Waals surface area contributed by atoms with Crippen LogP contribution in [0.5, 0.6) is 0 Å². The van der Waals surface area contributed by atoms with Gasteiger partial charge in [0.25, 0.3) is 0 Å². The number of rotatable bonds is 5. The number of hydrogen-bond acceptors (Lipinski definition) is 3. The van der Waals surface area contributed by atoms with Crippen LogP contribution in [-0.4, -0.2) is 18.4 Å². The molecule has 0 aliphatic rings. The van der Waals surface area contributed by atoms with Crippen molar-refractivity contribution in [3.63, 3.8) is 0 Å². The maximum atomic E-state index is 11.9. The molecule has 0 radical (unpaired) electrons. The summed E-state index contributed by atoms with van der Waals surface area (Å²) in [4.78, 5) is 23.0. The predicted octanol–water partition coefficient (Wildman–Crippen LogP) is 3.28. The van der Waals surface area contributed by atoms with Crippen molar-refractivity contribution in [2.24, 2.45) is 0 Å². The molecule has 1 aromatic rings. The van der Waals surface area contributed by atoms with Gasteiger partial charge in [-0.2, -0.15) is 0 Å². The third-order valence-corrected chi connectivity index (χ3v) is 2.84. The van der Waals surface area contributed by atoms with Gasteiger partial charge in [0.15, 0.2) is 5.78 Å². The van der Waals surface area contributed by atoms with Crippen LogP contribution in [-0.2, 0) is 9.53 Å². The smallest absolute Gasteiger partial charge is 0.306 e. The van der Waals surface area contributed by atoms with E-state index in [2.05, 4.69) is 15.9 Å². The molecule has 17 heavy (non-hydrogen) atoms. The summed E-state index contributed by atoms with van der Waals surface area (Å²) in [6, 6.07) is 5.48. The number of ether oxygens (including phenoxy) is 1. The van der Waals surface area contributed by atoms with Crippen molar-refractivity contribution in [3.8, 4) is 0 Å². The fraction of sp³-hybridized carbons (Fsp3) is 0.385. The molecule has 3 nitrogen and oxygen atoms in total. The van der Waals surface area contributed by atoms with Gasteiger partial charge >= 0.3 is 5.97 Å². The van der Waals surface area contributed by atoms with Crippen molar-refractivity contribution in [3.05, 3.63) is 33.8 Å². The molecule has 0 bridgehead atoms. The van der Waals surface area contributed by atoms with E-state index in [9.17, 15) is 9.59 Å². The van der Waals surface area contributed by atoms with E-state index in [4.69, 9.17) is 4.74 Å². The minimum Gasteiger partial charge on any atom is -0.466 e. The van der Waals surface area contributed by atoms with Gasteiger partial charge in [-0.1, -0.05) is 22.0 Å². The Balaban J connectivity index is 2.61. The molecule has 0 amide bonds. The van der Waals surface area contributed by atoms with Gasteiger partial charge in [0, 0.05) is 16.5 Å². The molecule has 0 aromatic heterocycles. The van der Waals surface area contributed by atoms with E-state index >= 15 is 0 Å². The number of Topliss-reactive ketones (excluding diaryl/α,β-unsaturated/α-hetero) is 1. The van der Waals surface area contributed by atoms with E-state index < -0.39 is 0 Å². The summed E-state index contributed by atoms with van der Waals surface area (Å²) in [6.45, 7) is 3.98. The van der Waals surface area contributed by atoms with Gasteiger partial charge in [-0.05, 0) is 31.5 Å². The summed E-state index contributed by atoms with van der Waals surface area (Å²) in [6.07, 6.45) is 0.337. The number of hydrogen-bond donors (Lipinski definition) is 0. The van der Waals surface area contributed by atoms with Crippen LogP contribution in [0.1, 0.15) is 35.7 Å². The zero-order chi connectivity index (χ0) is 12.8. The molecule has 0 unspecified atom stereocenters. The summed E-state index contributed by atoms with van der Waals surface area (Å²) in [7, 11) is 0. The lowest BCUT2D eigenvalue weighted by atomic mass is 10.0.